The van der Waals surface area contributed by atoms with Crippen molar-refractivity contribution in [1.29, 1.82) is 0 Å². The van der Waals surface area contributed by atoms with E-state index in [1.54, 1.807) is 73.7 Å². The van der Waals surface area contributed by atoms with Gasteiger partial charge in [-0.05, 0) is 67.1 Å². The van der Waals surface area contributed by atoms with Gasteiger partial charge in [-0.15, -0.1) is 23.1 Å². The lowest BCUT2D eigenvalue weighted by atomic mass is 10.1. The Morgan fingerprint density at radius 1 is 0.913 bits per heavy atom. The van der Waals surface area contributed by atoms with Crippen molar-refractivity contribution in [3.8, 4) is 11.3 Å². The minimum Gasteiger partial charge on any atom is -0.321 e. The fourth-order valence-corrected chi connectivity index (χ4v) is 6.40. The molecule has 0 radical (unpaired) electrons. The van der Waals surface area contributed by atoms with Gasteiger partial charge < -0.3 is 16.0 Å². The third-order valence-corrected chi connectivity index (χ3v) is 9.67. The summed E-state index contributed by atoms with van der Waals surface area (Å²) in [7, 11) is 0. The first kappa shape index (κ1) is 33.4. The Labute approximate surface area is 292 Å². The van der Waals surface area contributed by atoms with Gasteiger partial charge in [0.15, 0.2) is 5.13 Å². The standard InChI is InChI=1S/C34H25BrCl2N4O3S2/c1-20(31(42)41-34-40-29(19-45-34)21-13-15-24(35)16-14-21)46-26-11-6-10-25(18-26)38-33(44)28(17-23-9-5-12-27(36)30(23)37)39-32(43)22-7-3-2-4-8-22/h2-20H,1H3,(H,38,44)(H,39,43)(H,40,41,42)/b28-17+. The Hall–Kier alpha value is -3.93. The van der Waals surface area contributed by atoms with E-state index in [0.717, 1.165) is 20.6 Å². The number of carbonyl (C=O) groups excluding carboxylic acids is 3. The molecule has 3 amide bonds. The van der Waals surface area contributed by atoms with E-state index in [4.69, 9.17) is 23.2 Å². The molecule has 46 heavy (non-hydrogen) atoms. The van der Waals surface area contributed by atoms with Gasteiger partial charge in [-0.25, -0.2) is 4.98 Å². The number of nitrogens with one attached hydrogen (secondary N) is 3. The zero-order valence-corrected chi connectivity index (χ0v) is 28.8. The molecule has 232 valence electrons. The maximum Gasteiger partial charge on any atom is 0.272 e. The van der Waals surface area contributed by atoms with E-state index in [1.807, 2.05) is 35.7 Å². The Balaban J connectivity index is 1.27. The number of hydrogen-bond donors (Lipinski definition) is 3. The predicted octanol–water partition coefficient (Wildman–Crippen LogP) is 9.41. The molecule has 0 spiro atoms. The minimum absolute atomic E-state index is 0.0326. The summed E-state index contributed by atoms with van der Waals surface area (Å²) in [5.74, 6) is -1.24. The molecule has 3 N–H and O–H groups in total. The van der Waals surface area contributed by atoms with Crippen molar-refractivity contribution in [3.05, 3.63) is 134 Å². The quantitative estimate of drug-likeness (QED) is 0.0976. The monoisotopic (exact) mass is 750 g/mol. The summed E-state index contributed by atoms with van der Waals surface area (Å²) in [5.41, 5.74) is 3.01. The molecule has 7 nitrogen and oxygen atoms in total. The lowest BCUT2D eigenvalue weighted by Gasteiger charge is -2.14. The topological polar surface area (TPSA) is 100 Å². The lowest BCUT2D eigenvalue weighted by molar-refractivity contribution is -0.115. The number of benzene rings is 4. The maximum atomic E-state index is 13.5. The van der Waals surface area contributed by atoms with Crippen molar-refractivity contribution in [2.24, 2.45) is 0 Å². The number of hydrogen-bond acceptors (Lipinski definition) is 6. The summed E-state index contributed by atoms with van der Waals surface area (Å²) >= 11 is 18.7. The Kier molecular flexibility index (Phi) is 11.3. The van der Waals surface area contributed by atoms with Crippen LogP contribution in [-0.2, 0) is 9.59 Å². The Bertz CT molecular complexity index is 1920. The molecule has 1 heterocycles. The molecule has 0 saturated heterocycles. The summed E-state index contributed by atoms with van der Waals surface area (Å²) in [6.07, 6.45) is 1.47. The second kappa shape index (κ2) is 15.6. The molecule has 0 aliphatic rings. The van der Waals surface area contributed by atoms with Crippen molar-refractivity contribution in [2.45, 2.75) is 17.1 Å². The molecular formula is C34H25BrCl2N4O3S2. The number of halogens is 3. The minimum atomic E-state index is -0.571. The van der Waals surface area contributed by atoms with Crippen LogP contribution in [-0.4, -0.2) is 28.0 Å². The molecule has 0 aliphatic heterocycles. The van der Waals surface area contributed by atoms with E-state index in [2.05, 4.69) is 36.9 Å². The Morgan fingerprint density at radius 2 is 1.65 bits per heavy atom. The molecule has 1 atom stereocenters. The van der Waals surface area contributed by atoms with Gasteiger partial charge in [-0.2, -0.15) is 0 Å². The van der Waals surface area contributed by atoms with Crippen LogP contribution in [0.5, 0.6) is 0 Å². The zero-order chi connectivity index (χ0) is 32.6. The van der Waals surface area contributed by atoms with Crippen LogP contribution in [0.3, 0.4) is 0 Å². The Morgan fingerprint density at radius 3 is 2.41 bits per heavy atom. The summed E-state index contributed by atoms with van der Waals surface area (Å²) < 4.78 is 0.976. The first-order valence-corrected chi connectivity index (χ1v) is 17.1. The van der Waals surface area contributed by atoms with Gasteiger partial charge in [-0.1, -0.05) is 87.7 Å². The molecule has 0 saturated carbocycles. The fraction of sp³-hybridized carbons (Fsp3) is 0.0588. The normalized spacial score (nSPS) is 11.9. The van der Waals surface area contributed by atoms with Gasteiger partial charge in [0.05, 0.1) is 21.0 Å². The smallest absolute Gasteiger partial charge is 0.272 e. The van der Waals surface area contributed by atoms with Gasteiger partial charge in [0.1, 0.15) is 5.70 Å². The van der Waals surface area contributed by atoms with E-state index >= 15 is 0 Å². The van der Waals surface area contributed by atoms with E-state index < -0.39 is 17.1 Å². The number of thioether (sulfide) groups is 1. The zero-order valence-electron chi connectivity index (χ0n) is 24.1. The van der Waals surface area contributed by atoms with Crippen LogP contribution in [0, 0.1) is 0 Å². The largest absolute Gasteiger partial charge is 0.321 e. The van der Waals surface area contributed by atoms with Crippen LogP contribution in [0.15, 0.2) is 118 Å². The molecule has 1 unspecified atom stereocenters. The number of anilines is 2. The molecule has 1 aromatic heterocycles. The van der Waals surface area contributed by atoms with Crippen LogP contribution in [0.2, 0.25) is 10.0 Å². The number of thiazole rings is 1. The molecule has 12 heteroatoms. The highest BCUT2D eigenvalue weighted by Gasteiger charge is 2.19. The third-order valence-electron chi connectivity index (χ3n) is 6.46. The first-order valence-electron chi connectivity index (χ1n) is 13.8. The number of aromatic nitrogens is 1. The average Bonchev–Trinajstić information content (AvgIpc) is 3.52. The van der Waals surface area contributed by atoms with E-state index in [0.29, 0.717) is 27.0 Å². The van der Waals surface area contributed by atoms with Gasteiger partial charge in [0.2, 0.25) is 5.91 Å². The van der Waals surface area contributed by atoms with Crippen molar-refractivity contribution in [2.75, 3.05) is 10.6 Å². The number of amides is 3. The number of carbonyl (C=O) groups is 3. The maximum absolute atomic E-state index is 13.5. The lowest BCUT2D eigenvalue weighted by Crippen LogP contribution is -2.30. The van der Waals surface area contributed by atoms with Crippen LogP contribution < -0.4 is 16.0 Å². The van der Waals surface area contributed by atoms with Gasteiger partial charge in [0.25, 0.3) is 11.8 Å². The number of nitrogens with zero attached hydrogens (tertiary/aromatic N) is 1. The highest BCUT2D eigenvalue weighted by Crippen LogP contribution is 2.30. The average molecular weight is 753 g/mol. The summed E-state index contributed by atoms with van der Waals surface area (Å²) in [5, 5.41) is 10.9. The second-order valence-corrected chi connectivity index (χ2v) is 13.8. The molecule has 0 bridgehead atoms. The van der Waals surface area contributed by atoms with Crippen molar-refractivity contribution in [1.82, 2.24) is 10.3 Å². The van der Waals surface area contributed by atoms with Crippen LogP contribution in [0.1, 0.15) is 22.8 Å². The van der Waals surface area contributed by atoms with Crippen molar-refractivity contribution < 1.29 is 14.4 Å². The highest BCUT2D eigenvalue weighted by molar-refractivity contribution is 9.10. The molecule has 5 rings (SSSR count). The summed E-state index contributed by atoms with van der Waals surface area (Å²) in [6.45, 7) is 1.79. The predicted molar refractivity (Wildman–Crippen MR) is 193 cm³/mol. The first-order chi connectivity index (χ1) is 22.2. The molecule has 4 aromatic carbocycles. The van der Waals surface area contributed by atoms with E-state index in [-0.39, 0.29) is 16.6 Å². The highest BCUT2D eigenvalue weighted by atomic mass is 79.9. The van der Waals surface area contributed by atoms with Crippen LogP contribution in [0.4, 0.5) is 10.8 Å². The van der Waals surface area contributed by atoms with Crippen molar-refractivity contribution >= 4 is 96.8 Å². The van der Waals surface area contributed by atoms with Crippen LogP contribution >= 0.6 is 62.2 Å². The molecule has 0 aliphatic carbocycles. The van der Waals surface area contributed by atoms with Gasteiger partial charge in [-0.3, -0.25) is 14.4 Å². The molecular weight excluding hydrogens is 727 g/mol. The van der Waals surface area contributed by atoms with Gasteiger partial charge >= 0.3 is 0 Å². The van der Waals surface area contributed by atoms with Crippen LogP contribution in [0.25, 0.3) is 17.3 Å². The number of rotatable bonds is 10. The van der Waals surface area contributed by atoms with E-state index in [9.17, 15) is 14.4 Å². The SMILES string of the molecule is CC(Sc1cccc(NC(=O)/C(=C\c2cccc(Cl)c2Cl)NC(=O)c2ccccc2)c1)C(=O)Nc1nc(-c2ccc(Br)cc2)cs1. The summed E-state index contributed by atoms with van der Waals surface area (Å²) in [6, 6.07) is 28.4. The summed E-state index contributed by atoms with van der Waals surface area (Å²) in [4.78, 5) is 44.8. The van der Waals surface area contributed by atoms with E-state index in [1.165, 1.54) is 29.2 Å². The van der Waals surface area contributed by atoms with Crippen molar-refractivity contribution in [3.63, 3.8) is 0 Å². The van der Waals surface area contributed by atoms with Gasteiger partial charge in [0, 0.05) is 31.6 Å². The fourth-order valence-electron chi connectivity index (χ4n) is 4.12. The molecule has 5 aromatic rings. The third kappa shape index (κ3) is 8.86. The molecule has 0 fully saturated rings. The second-order valence-electron chi connectivity index (χ2n) is 9.80.